The predicted molar refractivity (Wildman–Crippen MR) is 71.2 cm³/mol. The fraction of sp³-hybridized carbons (Fsp3) is 0. The Labute approximate surface area is 115 Å². The van der Waals surface area contributed by atoms with E-state index in [1.165, 1.54) is 29.8 Å². The Balaban J connectivity index is 2.18. The number of hydrogen-bond acceptors (Lipinski definition) is 4. The highest BCUT2D eigenvalue weighted by molar-refractivity contribution is 9.11. The van der Waals surface area contributed by atoms with Gasteiger partial charge in [0.1, 0.15) is 0 Å². The molecule has 0 saturated heterocycles. The van der Waals surface area contributed by atoms with Gasteiger partial charge in [0.2, 0.25) is 0 Å². The number of pyridine rings is 1. The van der Waals surface area contributed by atoms with Gasteiger partial charge in [-0.3, -0.25) is 9.78 Å². The second kappa shape index (κ2) is 5.28. The summed E-state index contributed by atoms with van der Waals surface area (Å²) in [5, 5.41) is 12.1. The molecule has 2 heterocycles. The molecule has 0 unspecified atom stereocenters. The average molecular weight is 327 g/mol. The first kappa shape index (κ1) is 12.7. The molecule has 2 aromatic rings. The molecule has 0 aromatic carbocycles. The van der Waals surface area contributed by atoms with Crippen LogP contribution in [0.4, 0.5) is 5.00 Å². The fourth-order valence-corrected chi connectivity index (χ4v) is 2.53. The summed E-state index contributed by atoms with van der Waals surface area (Å²) in [4.78, 5) is 26.3. The number of carboxylic acid groups (broad SMARTS) is 1. The van der Waals surface area contributed by atoms with E-state index < -0.39 is 5.97 Å². The van der Waals surface area contributed by atoms with Crippen LogP contribution >= 0.6 is 27.3 Å². The molecular weight excluding hydrogens is 320 g/mol. The largest absolute Gasteiger partial charge is 0.478 e. The molecule has 1 amide bonds. The lowest BCUT2D eigenvalue weighted by atomic mass is 10.2. The van der Waals surface area contributed by atoms with Crippen molar-refractivity contribution < 1.29 is 14.7 Å². The number of amides is 1. The molecule has 0 aliphatic rings. The van der Waals surface area contributed by atoms with Gasteiger partial charge in [-0.1, -0.05) is 0 Å². The summed E-state index contributed by atoms with van der Waals surface area (Å²) in [6.07, 6.45) is 2.52. The number of carboxylic acids is 1. The molecule has 0 saturated carbocycles. The maximum absolute atomic E-state index is 11.8. The van der Waals surface area contributed by atoms with Crippen LogP contribution in [0, 0.1) is 0 Å². The average Bonchev–Trinajstić information content (AvgIpc) is 2.75. The number of thiophene rings is 1. The minimum atomic E-state index is -1.11. The van der Waals surface area contributed by atoms with E-state index in [1.807, 2.05) is 6.07 Å². The van der Waals surface area contributed by atoms with E-state index >= 15 is 0 Å². The highest BCUT2D eigenvalue weighted by Gasteiger charge is 2.11. The zero-order valence-electron chi connectivity index (χ0n) is 8.88. The molecule has 0 bridgehead atoms. The van der Waals surface area contributed by atoms with Crippen LogP contribution in [0.25, 0.3) is 0 Å². The van der Waals surface area contributed by atoms with Crippen molar-refractivity contribution in [1.82, 2.24) is 4.98 Å². The number of nitrogens with zero attached hydrogens (tertiary/aromatic N) is 1. The van der Waals surface area contributed by atoms with Crippen LogP contribution in [0.1, 0.15) is 20.7 Å². The van der Waals surface area contributed by atoms with Gasteiger partial charge in [0.05, 0.1) is 19.9 Å². The molecule has 2 rings (SSSR count). The van der Waals surface area contributed by atoms with Crippen LogP contribution in [-0.4, -0.2) is 22.0 Å². The molecular formula is C11H7BrN2O3S. The third kappa shape index (κ3) is 2.93. The first-order chi connectivity index (χ1) is 8.56. The Bertz CT molecular complexity index is 612. The minimum Gasteiger partial charge on any atom is -0.478 e. The summed E-state index contributed by atoms with van der Waals surface area (Å²) in [5.41, 5.74) is 0.189. The zero-order chi connectivity index (χ0) is 13.1. The first-order valence-electron chi connectivity index (χ1n) is 4.81. The molecule has 7 heteroatoms. The van der Waals surface area contributed by atoms with Crippen molar-refractivity contribution in [3.63, 3.8) is 0 Å². The predicted octanol–water partition coefficient (Wildman–Crippen LogP) is 2.86. The molecule has 0 fully saturated rings. The number of carbonyl (C=O) groups is 2. The third-order valence-electron chi connectivity index (χ3n) is 2.06. The molecule has 0 aliphatic heterocycles. The maximum atomic E-state index is 11.8. The van der Waals surface area contributed by atoms with E-state index in [-0.39, 0.29) is 17.0 Å². The Kier molecular flexibility index (Phi) is 3.73. The SMILES string of the molecule is O=C(O)c1cncc(C(=O)Nc2ccc(Br)s2)c1. The molecule has 0 aliphatic carbocycles. The van der Waals surface area contributed by atoms with Crippen LogP contribution < -0.4 is 5.32 Å². The lowest BCUT2D eigenvalue weighted by Gasteiger charge is -2.02. The molecule has 0 atom stereocenters. The van der Waals surface area contributed by atoms with Crippen molar-refractivity contribution >= 4 is 44.1 Å². The summed E-state index contributed by atoms with van der Waals surface area (Å²) in [6.45, 7) is 0. The maximum Gasteiger partial charge on any atom is 0.337 e. The Morgan fingerprint density at radius 1 is 1.28 bits per heavy atom. The van der Waals surface area contributed by atoms with E-state index in [2.05, 4.69) is 26.2 Å². The molecule has 18 heavy (non-hydrogen) atoms. The van der Waals surface area contributed by atoms with Crippen LogP contribution in [-0.2, 0) is 0 Å². The molecule has 5 nitrogen and oxygen atoms in total. The molecule has 2 N–H and O–H groups in total. The molecule has 0 radical (unpaired) electrons. The van der Waals surface area contributed by atoms with E-state index in [9.17, 15) is 9.59 Å². The van der Waals surface area contributed by atoms with Gasteiger partial charge >= 0.3 is 5.97 Å². The quantitative estimate of drug-likeness (QED) is 0.908. The molecule has 2 aromatic heterocycles. The second-order valence-corrected chi connectivity index (χ2v) is 5.79. The van der Waals surface area contributed by atoms with Crippen molar-refractivity contribution in [3.05, 3.63) is 45.5 Å². The van der Waals surface area contributed by atoms with Crippen LogP contribution in [0.5, 0.6) is 0 Å². The topological polar surface area (TPSA) is 79.3 Å². The van der Waals surface area contributed by atoms with Gasteiger partial charge in [-0.25, -0.2) is 4.79 Å². The standard InChI is InChI=1S/C11H7BrN2O3S/c12-8-1-2-9(18-8)14-10(15)6-3-7(11(16)17)5-13-4-6/h1-5H,(H,14,15)(H,16,17). The number of rotatable bonds is 3. The number of aromatic carboxylic acids is 1. The summed E-state index contributed by atoms with van der Waals surface area (Å²) in [6, 6.07) is 4.85. The van der Waals surface area contributed by atoms with Crippen molar-refractivity contribution in [2.45, 2.75) is 0 Å². The number of aromatic nitrogens is 1. The van der Waals surface area contributed by atoms with E-state index in [0.29, 0.717) is 5.00 Å². The van der Waals surface area contributed by atoms with Crippen molar-refractivity contribution in [1.29, 1.82) is 0 Å². The zero-order valence-corrected chi connectivity index (χ0v) is 11.3. The summed E-state index contributed by atoms with van der Waals surface area (Å²) < 4.78 is 0.898. The number of anilines is 1. The van der Waals surface area contributed by atoms with Gasteiger partial charge < -0.3 is 10.4 Å². The summed E-state index contributed by atoms with van der Waals surface area (Å²) in [7, 11) is 0. The van der Waals surface area contributed by atoms with Gasteiger partial charge in [-0.05, 0) is 34.1 Å². The van der Waals surface area contributed by atoms with E-state index in [0.717, 1.165) is 3.79 Å². The van der Waals surface area contributed by atoms with E-state index in [4.69, 9.17) is 5.11 Å². The monoisotopic (exact) mass is 326 g/mol. The van der Waals surface area contributed by atoms with Gasteiger partial charge in [0, 0.05) is 12.4 Å². The highest BCUT2D eigenvalue weighted by atomic mass is 79.9. The van der Waals surface area contributed by atoms with Gasteiger partial charge in [-0.2, -0.15) is 0 Å². The van der Waals surface area contributed by atoms with Gasteiger partial charge in [0.15, 0.2) is 0 Å². The van der Waals surface area contributed by atoms with Crippen LogP contribution in [0.15, 0.2) is 34.4 Å². The molecule has 0 spiro atoms. The number of halogens is 1. The lowest BCUT2D eigenvalue weighted by molar-refractivity contribution is 0.0696. The fourth-order valence-electron chi connectivity index (χ4n) is 1.25. The molecule has 92 valence electrons. The van der Waals surface area contributed by atoms with E-state index in [1.54, 1.807) is 6.07 Å². The lowest BCUT2D eigenvalue weighted by Crippen LogP contribution is -2.12. The highest BCUT2D eigenvalue weighted by Crippen LogP contribution is 2.26. The van der Waals surface area contributed by atoms with Crippen molar-refractivity contribution in [3.8, 4) is 0 Å². The van der Waals surface area contributed by atoms with Crippen molar-refractivity contribution in [2.75, 3.05) is 5.32 Å². The van der Waals surface area contributed by atoms with Gasteiger partial charge in [0.25, 0.3) is 5.91 Å². The second-order valence-electron chi connectivity index (χ2n) is 3.33. The Hall–Kier alpha value is -1.73. The van der Waals surface area contributed by atoms with Gasteiger partial charge in [-0.15, -0.1) is 11.3 Å². The summed E-state index contributed by atoms with van der Waals surface area (Å²) >= 11 is 4.66. The number of nitrogens with one attached hydrogen (secondary N) is 1. The van der Waals surface area contributed by atoms with Crippen LogP contribution in [0.3, 0.4) is 0 Å². The smallest absolute Gasteiger partial charge is 0.337 e. The summed E-state index contributed by atoms with van der Waals surface area (Å²) in [5.74, 6) is -1.50. The third-order valence-corrected chi connectivity index (χ3v) is 3.60. The Morgan fingerprint density at radius 3 is 2.61 bits per heavy atom. The minimum absolute atomic E-state index is 0.0185. The Morgan fingerprint density at radius 2 is 2.00 bits per heavy atom. The van der Waals surface area contributed by atoms with Crippen LogP contribution in [0.2, 0.25) is 0 Å². The normalized spacial score (nSPS) is 10.1. The first-order valence-corrected chi connectivity index (χ1v) is 6.42. The number of carbonyl (C=O) groups excluding carboxylic acids is 1. The van der Waals surface area contributed by atoms with Crippen molar-refractivity contribution in [2.24, 2.45) is 0 Å². The number of hydrogen-bond donors (Lipinski definition) is 2.